The summed E-state index contributed by atoms with van der Waals surface area (Å²) in [7, 11) is -2.06. The van der Waals surface area contributed by atoms with Gasteiger partial charge in [0.25, 0.3) is 5.89 Å². The highest BCUT2D eigenvalue weighted by molar-refractivity contribution is 7.89. The summed E-state index contributed by atoms with van der Waals surface area (Å²) in [5.41, 5.74) is 1.98. The Kier molecular flexibility index (Phi) is 6.11. The predicted octanol–water partition coefficient (Wildman–Crippen LogP) is 3.31. The lowest BCUT2D eigenvalue weighted by Gasteiger charge is -2.16. The molecule has 28 heavy (non-hydrogen) atoms. The van der Waals surface area contributed by atoms with E-state index < -0.39 is 10.0 Å². The molecule has 0 spiro atoms. The summed E-state index contributed by atoms with van der Waals surface area (Å²) in [6.45, 7) is 4.65. The van der Waals surface area contributed by atoms with E-state index in [1.54, 1.807) is 24.3 Å². The minimum absolute atomic E-state index is 0.215. The van der Waals surface area contributed by atoms with Crippen molar-refractivity contribution in [2.24, 2.45) is 0 Å². The van der Waals surface area contributed by atoms with Crippen molar-refractivity contribution in [1.82, 2.24) is 14.4 Å². The molecule has 0 N–H and O–H groups in total. The smallest absolute Gasteiger partial charge is 0.257 e. The first kappa shape index (κ1) is 20.0. The normalized spacial score (nSPS) is 11.7. The largest absolute Gasteiger partial charge is 0.494 e. The van der Waals surface area contributed by atoms with E-state index in [2.05, 4.69) is 10.1 Å². The van der Waals surface area contributed by atoms with Gasteiger partial charge in [0.1, 0.15) is 5.75 Å². The first-order valence-corrected chi connectivity index (χ1v) is 10.4. The summed E-state index contributed by atoms with van der Waals surface area (Å²) >= 11 is 0. The van der Waals surface area contributed by atoms with Crippen molar-refractivity contribution >= 4 is 10.0 Å². The van der Waals surface area contributed by atoms with Gasteiger partial charge in [-0.15, -0.1) is 0 Å². The quantitative estimate of drug-likeness (QED) is 0.576. The third kappa shape index (κ3) is 4.58. The van der Waals surface area contributed by atoms with Crippen molar-refractivity contribution < 1.29 is 17.7 Å². The molecule has 8 heteroatoms. The molecule has 0 saturated heterocycles. The fourth-order valence-corrected chi connectivity index (χ4v) is 3.77. The van der Waals surface area contributed by atoms with E-state index in [1.165, 1.54) is 11.4 Å². The van der Waals surface area contributed by atoms with Crippen LogP contribution in [-0.2, 0) is 16.4 Å². The van der Waals surface area contributed by atoms with Crippen LogP contribution in [0.1, 0.15) is 18.3 Å². The maximum absolute atomic E-state index is 12.7. The van der Waals surface area contributed by atoms with E-state index in [1.807, 2.05) is 38.1 Å². The Hall–Kier alpha value is -2.71. The Bertz CT molecular complexity index is 1010. The van der Waals surface area contributed by atoms with Gasteiger partial charge in [0.2, 0.25) is 10.0 Å². The highest BCUT2D eigenvalue weighted by Crippen LogP contribution is 2.20. The van der Waals surface area contributed by atoms with Crippen molar-refractivity contribution in [2.45, 2.75) is 25.2 Å². The van der Waals surface area contributed by atoms with Gasteiger partial charge in [0.15, 0.2) is 5.82 Å². The molecule has 0 radical (unpaired) electrons. The predicted molar refractivity (Wildman–Crippen MR) is 106 cm³/mol. The number of aromatic nitrogens is 2. The lowest BCUT2D eigenvalue weighted by Crippen LogP contribution is -2.29. The standard InChI is InChI=1S/C20H23N3O4S/c1-4-26-17-9-11-18(12-10-17)28(24,25)23(3)14-13-19-21-20(27-22-19)16-7-5-15(2)6-8-16/h5-12H,4,13-14H2,1-3H3. The van der Waals surface area contributed by atoms with E-state index in [-0.39, 0.29) is 11.4 Å². The lowest BCUT2D eigenvalue weighted by atomic mass is 10.1. The number of sulfonamides is 1. The molecule has 1 heterocycles. The Labute approximate surface area is 165 Å². The summed E-state index contributed by atoms with van der Waals surface area (Å²) in [6, 6.07) is 14.1. The Morgan fingerprint density at radius 2 is 1.75 bits per heavy atom. The van der Waals surface area contributed by atoms with Crippen molar-refractivity contribution in [1.29, 1.82) is 0 Å². The minimum Gasteiger partial charge on any atom is -0.494 e. The topological polar surface area (TPSA) is 85.5 Å². The molecule has 0 aliphatic heterocycles. The average Bonchev–Trinajstić information content (AvgIpc) is 3.16. The first-order valence-electron chi connectivity index (χ1n) is 8.99. The molecule has 0 aliphatic rings. The molecule has 2 aromatic carbocycles. The van der Waals surface area contributed by atoms with E-state index in [9.17, 15) is 8.42 Å². The number of nitrogens with zero attached hydrogens (tertiary/aromatic N) is 3. The Morgan fingerprint density at radius 3 is 2.39 bits per heavy atom. The second-order valence-corrected chi connectivity index (χ2v) is 8.41. The minimum atomic E-state index is -3.60. The summed E-state index contributed by atoms with van der Waals surface area (Å²) in [4.78, 5) is 4.57. The van der Waals surface area contributed by atoms with Gasteiger partial charge in [-0.3, -0.25) is 0 Å². The van der Waals surface area contributed by atoms with Gasteiger partial charge in [-0.2, -0.15) is 4.98 Å². The Morgan fingerprint density at radius 1 is 1.07 bits per heavy atom. The molecule has 0 atom stereocenters. The molecule has 0 bridgehead atoms. The van der Waals surface area contributed by atoms with E-state index >= 15 is 0 Å². The van der Waals surface area contributed by atoms with Crippen LogP contribution < -0.4 is 4.74 Å². The molecule has 0 amide bonds. The average molecular weight is 401 g/mol. The molecule has 3 rings (SSSR count). The SMILES string of the molecule is CCOc1ccc(S(=O)(=O)N(C)CCc2noc(-c3ccc(C)cc3)n2)cc1. The van der Waals surface area contributed by atoms with Crippen LogP contribution in [0.3, 0.4) is 0 Å². The molecular formula is C20H23N3O4S. The summed E-state index contributed by atoms with van der Waals surface area (Å²) < 4.78 is 37.3. The third-order valence-electron chi connectivity index (χ3n) is 4.26. The van der Waals surface area contributed by atoms with Crippen LogP contribution in [0.15, 0.2) is 57.9 Å². The van der Waals surface area contributed by atoms with Crippen LogP contribution in [0.25, 0.3) is 11.5 Å². The molecule has 0 saturated carbocycles. The van der Waals surface area contributed by atoms with Crippen LogP contribution in [0.5, 0.6) is 5.75 Å². The Balaban J connectivity index is 1.64. The van der Waals surface area contributed by atoms with Crippen molar-refractivity contribution in [3.63, 3.8) is 0 Å². The highest BCUT2D eigenvalue weighted by Gasteiger charge is 2.21. The third-order valence-corrected chi connectivity index (χ3v) is 6.13. The zero-order chi connectivity index (χ0) is 20.1. The van der Waals surface area contributed by atoms with Crippen molar-refractivity contribution in [3.05, 3.63) is 59.9 Å². The van der Waals surface area contributed by atoms with Gasteiger partial charge in [-0.05, 0) is 50.2 Å². The van der Waals surface area contributed by atoms with Crippen LogP contribution >= 0.6 is 0 Å². The highest BCUT2D eigenvalue weighted by atomic mass is 32.2. The number of hydrogen-bond donors (Lipinski definition) is 0. The molecule has 3 aromatic rings. The first-order chi connectivity index (χ1) is 13.4. The van der Waals surface area contributed by atoms with Crippen molar-refractivity contribution in [2.75, 3.05) is 20.2 Å². The van der Waals surface area contributed by atoms with Gasteiger partial charge < -0.3 is 9.26 Å². The second kappa shape index (κ2) is 8.53. The molecule has 0 fully saturated rings. The summed E-state index contributed by atoms with van der Waals surface area (Å²) in [6.07, 6.45) is 0.349. The second-order valence-electron chi connectivity index (χ2n) is 6.36. The fraction of sp³-hybridized carbons (Fsp3) is 0.300. The van der Waals surface area contributed by atoms with E-state index in [4.69, 9.17) is 9.26 Å². The van der Waals surface area contributed by atoms with Crippen molar-refractivity contribution in [3.8, 4) is 17.2 Å². The lowest BCUT2D eigenvalue weighted by molar-refractivity contribution is 0.340. The van der Waals surface area contributed by atoms with Gasteiger partial charge in [0, 0.05) is 25.6 Å². The molecule has 0 aliphatic carbocycles. The number of ether oxygens (including phenoxy) is 1. The molecule has 7 nitrogen and oxygen atoms in total. The maximum Gasteiger partial charge on any atom is 0.257 e. The maximum atomic E-state index is 12.7. The van der Waals surface area contributed by atoms with E-state index in [0.29, 0.717) is 30.5 Å². The fourth-order valence-electron chi connectivity index (χ4n) is 2.60. The number of hydrogen-bond acceptors (Lipinski definition) is 6. The van der Waals surface area contributed by atoms with Crippen LogP contribution in [0, 0.1) is 6.92 Å². The molecule has 148 valence electrons. The van der Waals surface area contributed by atoms with E-state index in [0.717, 1.165) is 11.1 Å². The molecule has 1 aromatic heterocycles. The molecular weight excluding hydrogens is 378 g/mol. The zero-order valence-corrected chi connectivity index (χ0v) is 16.9. The van der Waals surface area contributed by atoms with Crippen LogP contribution in [-0.4, -0.2) is 43.1 Å². The van der Waals surface area contributed by atoms with Gasteiger partial charge >= 0.3 is 0 Å². The van der Waals surface area contributed by atoms with Gasteiger partial charge in [-0.1, -0.05) is 22.9 Å². The van der Waals surface area contributed by atoms with Crippen LogP contribution in [0.2, 0.25) is 0 Å². The van der Waals surface area contributed by atoms with Gasteiger partial charge in [0.05, 0.1) is 11.5 Å². The van der Waals surface area contributed by atoms with Gasteiger partial charge in [-0.25, -0.2) is 12.7 Å². The number of benzene rings is 2. The number of rotatable bonds is 8. The number of likely N-dealkylation sites (N-methyl/N-ethyl adjacent to an activating group) is 1. The van der Waals surface area contributed by atoms with Crippen LogP contribution in [0.4, 0.5) is 0 Å². The molecule has 0 unspecified atom stereocenters. The summed E-state index contributed by atoms with van der Waals surface area (Å²) in [5.74, 6) is 1.52. The number of aryl methyl sites for hydroxylation is 1. The monoisotopic (exact) mass is 401 g/mol. The summed E-state index contributed by atoms with van der Waals surface area (Å²) in [5, 5.41) is 3.95. The zero-order valence-electron chi connectivity index (χ0n) is 16.1.